The number of carbonyl (C=O) groups is 2. The van der Waals surface area contributed by atoms with Gasteiger partial charge in [0.15, 0.2) is 0 Å². The predicted molar refractivity (Wildman–Crippen MR) is 118 cm³/mol. The minimum Gasteiger partial charge on any atom is -0.337 e. The lowest BCUT2D eigenvalue weighted by Crippen LogP contribution is -2.50. The van der Waals surface area contributed by atoms with Gasteiger partial charge in [0.25, 0.3) is 5.91 Å². The molecular formula is C24H27ClFN3O2. The Labute approximate surface area is 187 Å². The largest absolute Gasteiger partial charge is 0.337 e. The summed E-state index contributed by atoms with van der Waals surface area (Å²) in [6.45, 7) is 4.79. The highest BCUT2D eigenvalue weighted by Gasteiger charge is 2.33. The van der Waals surface area contributed by atoms with E-state index in [1.807, 2.05) is 9.80 Å². The van der Waals surface area contributed by atoms with Crippen molar-refractivity contribution < 1.29 is 14.0 Å². The summed E-state index contributed by atoms with van der Waals surface area (Å²) >= 11 is 5.91. The molecular weight excluding hydrogens is 417 g/mol. The van der Waals surface area contributed by atoms with Crippen molar-refractivity contribution in [3.05, 3.63) is 70.5 Å². The topological polar surface area (TPSA) is 43.9 Å². The van der Waals surface area contributed by atoms with Crippen LogP contribution in [0.4, 0.5) is 4.39 Å². The molecule has 1 aliphatic heterocycles. The van der Waals surface area contributed by atoms with Crippen LogP contribution in [-0.2, 0) is 11.3 Å². The Hall–Kier alpha value is -2.44. The summed E-state index contributed by atoms with van der Waals surface area (Å²) in [6, 6.07) is 13.3. The van der Waals surface area contributed by atoms with Crippen molar-refractivity contribution in [1.29, 1.82) is 0 Å². The Kier molecular flexibility index (Phi) is 6.88. The standard InChI is InChI=1S/C24H27ClFN3O2/c25-21-7-5-20(6-8-21)23(30)28-14-11-27(12-15-28)13-16-29(24(31)19-3-4-19)17-18-1-9-22(26)10-2-18/h1-2,5-10,19H,3-4,11-17H2. The van der Waals surface area contributed by atoms with Gasteiger partial charge >= 0.3 is 0 Å². The van der Waals surface area contributed by atoms with Gasteiger partial charge in [-0.1, -0.05) is 23.7 Å². The normalized spacial score (nSPS) is 16.9. The second-order valence-electron chi connectivity index (χ2n) is 8.30. The van der Waals surface area contributed by atoms with Gasteiger partial charge in [0.2, 0.25) is 5.91 Å². The summed E-state index contributed by atoms with van der Waals surface area (Å²) in [7, 11) is 0. The van der Waals surface area contributed by atoms with E-state index >= 15 is 0 Å². The molecule has 0 spiro atoms. The van der Waals surface area contributed by atoms with E-state index in [-0.39, 0.29) is 23.5 Å². The van der Waals surface area contributed by atoms with Gasteiger partial charge in [0.05, 0.1) is 0 Å². The fraction of sp³-hybridized carbons (Fsp3) is 0.417. The predicted octanol–water partition coefficient (Wildman–Crippen LogP) is 3.68. The average molecular weight is 444 g/mol. The molecule has 1 aliphatic carbocycles. The molecule has 0 N–H and O–H groups in total. The summed E-state index contributed by atoms with van der Waals surface area (Å²) in [5.41, 5.74) is 1.59. The molecule has 2 aliphatic rings. The fourth-order valence-corrected chi connectivity index (χ4v) is 4.00. The van der Waals surface area contributed by atoms with E-state index < -0.39 is 0 Å². The highest BCUT2D eigenvalue weighted by atomic mass is 35.5. The first kappa shape index (κ1) is 21.8. The van der Waals surface area contributed by atoms with Gasteiger partial charge in [0.1, 0.15) is 5.82 Å². The van der Waals surface area contributed by atoms with Crippen LogP contribution in [0, 0.1) is 11.7 Å². The molecule has 2 fully saturated rings. The summed E-state index contributed by atoms with van der Waals surface area (Å²) in [5.74, 6) is 0.100. The van der Waals surface area contributed by atoms with Crippen LogP contribution in [0.5, 0.6) is 0 Å². The first-order valence-electron chi connectivity index (χ1n) is 10.8. The third kappa shape index (κ3) is 5.83. The zero-order valence-electron chi connectivity index (χ0n) is 17.5. The molecule has 1 saturated heterocycles. The van der Waals surface area contributed by atoms with E-state index in [1.165, 1.54) is 12.1 Å². The minimum atomic E-state index is -0.269. The van der Waals surface area contributed by atoms with Crippen LogP contribution in [-0.4, -0.2) is 65.8 Å². The Morgan fingerprint density at radius 3 is 2.23 bits per heavy atom. The van der Waals surface area contributed by atoms with Crippen LogP contribution in [0.2, 0.25) is 5.02 Å². The molecule has 1 saturated carbocycles. The Morgan fingerprint density at radius 1 is 0.968 bits per heavy atom. The minimum absolute atomic E-state index is 0.0261. The van der Waals surface area contributed by atoms with Gasteiger partial charge in [0, 0.05) is 62.3 Å². The van der Waals surface area contributed by atoms with Crippen molar-refractivity contribution in [3.8, 4) is 0 Å². The lowest BCUT2D eigenvalue weighted by atomic mass is 10.1. The van der Waals surface area contributed by atoms with E-state index in [4.69, 9.17) is 11.6 Å². The van der Waals surface area contributed by atoms with Crippen LogP contribution in [0.3, 0.4) is 0 Å². The zero-order valence-corrected chi connectivity index (χ0v) is 18.2. The molecule has 2 aromatic rings. The number of piperazine rings is 1. The van der Waals surface area contributed by atoms with Gasteiger partial charge in [-0.3, -0.25) is 14.5 Å². The summed E-state index contributed by atoms with van der Waals surface area (Å²) < 4.78 is 13.2. The summed E-state index contributed by atoms with van der Waals surface area (Å²) in [5, 5.41) is 0.618. The number of halogens is 2. The monoisotopic (exact) mass is 443 g/mol. The number of benzene rings is 2. The lowest BCUT2D eigenvalue weighted by Gasteiger charge is -2.36. The molecule has 31 heavy (non-hydrogen) atoms. The number of nitrogens with zero attached hydrogens (tertiary/aromatic N) is 3. The quantitative estimate of drug-likeness (QED) is 0.655. The number of hydrogen-bond acceptors (Lipinski definition) is 3. The number of carbonyl (C=O) groups excluding carboxylic acids is 2. The molecule has 0 aromatic heterocycles. The first-order chi connectivity index (χ1) is 15.0. The van der Waals surface area contributed by atoms with Gasteiger partial charge in [-0.25, -0.2) is 4.39 Å². The maximum atomic E-state index is 13.2. The summed E-state index contributed by atoms with van der Waals surface area (Å²) in [4.78, 5) is 31.5. The fourth-order valence-electron chi connectivity index (χ4n) is 3.88. The van der Waals surface area contributed by atoms with Crippen molar-refractivity contribution in [2.45, 2.75) is 19.4 Å². The number of amides is 2. The molecule has 7 heteroatoms. The van der Waals surface area contributed by atoms with Crippen LogP contribution in [0.15, 0.2) is 48.5 Å². The van der Waals surface area contributed by atoms with Crippen LogP contribution < -0.4 is 0 Å². The summed E-state index contributed by atoms with van der Waals surface area (Å²) in [6.07, 6.45) is 1.93. The lowest BCUT2D eigenvalue weighted by molar-refractivity contribution is -0.133. The molecule has 2 amide bonds. The maximum Gasteiger partial charge on any atom is 0.253 e. The molecule has 1 heterocycles. The third-order valence-corrected chi connectivity index (χ3v) is 6.21. The van der Waals surface area contributed by atoms with Crippen molar-refractivity contribution in [2.24, 2.45) is 5.92 Å². The Balaban J connectivity index is 1.29. The van der Waals surface area contributed by atoms with Gasteiger partial charge < -0.3 is 9.80 Å². The SMILES string of the molecule is O=C(c1ccc(Cl)cc1)N1CCN(CCN(Cc2ccc(F)cc2)C(=O)C2CC2)CC1. The highest BCUT2D eigenvalue weighted by molar-refractivity contribution is 6.30. The molecule has 5 nitrogen and oxygen atoms in total. The first-order valence-corrected chi connectivity index (χ1v) is 11.2. The van der Waals surface area contributed by atoms with Crippen molar-refractivity contribution in [3.63, 3.8) is 0 Å². The van der Waals surface area contributed by atoms with E-state index in [0.29, 0.717) is 36.8 Å². The zero-order chi connectivity index (χ0) is 21.8. The van der Waals surface area contributed by atoms with Crippen LogP contribution in [0.25, 0.3) is 0 Å². The van der Waals surface area contributed by atoms with E-state index in [1.54, 1.807) is 36.4 Å². The van der Waals surface area contributed by atoms with Gasteiger partial charge in [-0.2, -0.15) is 0 Å². The number of rotatable bonds is 7. The molecule has 4 rings (SSSR count). The van der Waals surface area contributed by atoms with E-state index in [0.717, 1.165) is 38.0 Å². The van der Waals surface area contributed by atoms with Crippen molar-refractivity contribution >= 4 is 23.4 Å². The van der Waals surface area contributed by atoms with Gasteiger partial charge in [-0.15, -0.1) is 0 Å². The Morgan fingerprint density at radius 2 is 1.61 bits per heavy atom. The van der Waals surface area contributed by atoms with Crippen molar-refractivity contribution in [2.75, 3.05) is 39.3 Å². The molecule has 2 aromatic carbocycles. The molecule has 0 atom stereocenters. The second-order valence-corrected chi connectivity index (χ2v) is 8.74. The van der Waals surface area contributed by atoms with E-state index in [9.17, 15) is 14.0 Å². The second kappa shape index (κ2) is 9.79. The highest BCUT2D eigenvalue weighted by Crippen LogP contribution is 2.31. The molecule has 0 unspecified atom stereocenters. The Bertz CT molecular complexity index is 907. The van der Waals surface area contributed by atoms with Crippen LogP contribution in [0.1, 0.15) is 28.8 Å². The third-order valence-electron chi connectivity index (χ3n) is 5.96. The number of hydrogen-bond donors (Lipinski definition) is 0. The molecule has 0 bridgehead atoms. The van der Waals surface area contributed by atoms with Gasteiger partial charge in [-0.05, 0) is 54.8 Å². The maximum absolute atomic E-state index is 13.2. The van der Waals surface area contributed by atoms with E-state index in [2.05, 4.69) is 4.90 Å². The van der Waals surface area contributed by atoms with Crippen molar-refractivity contribution in [1.82, 2.24) is 14.7 Å². The molecule has 0 radical (unpaired) electrons. The smallest absolute Gasteiger partial charge is 0.253 e. The average Bonchev–Trinajstić information content (AvgIpc) is 3.63. The van der Waals surface area contributed by atoms with Crippen LogP contribution >= 0.6 is 11.6 Å². The molecule has 164 valence electrons.